The fraction of sp³-hybridized carbons (Fsp3) is 0.366. The van der Waals surface area contributed by atoms with Crippen molar-refractivity contribution in [3.63, 3.8) is 0 Å². The van der Waals surface area contributed by atoms with Crippen LogP contribution in [0.25, 0.3) is 11.1 Å². The van der Waals surface area contributed by atoms with E-state index in [2.05, 4.69) is 5.32 Å². The summed E-state index contributed by atoms with van der Waals surface area (Å²) in [5.41, 5.74) is 5.63. The van der Waals surface area contributed by atoms with E-state index in [4.69, 9.17) is 5.73 Å². The third-order valence-corrected chi connectivity index (χ3v) is 9.72. The summed E-state index contributed by atoms with van der Waals surface area (Å²) in [7, 11) is 0. The number of carbonyl (C=O) groups excluding carboxylic acids is 6. The maximum atomic E-state index is 15.2. The number of nitrogens with two attached hydrogens (primary N) is 1. The summed E-state index contributed by atoms with van der Waals surface area (Å²) < 4.78 is 31.3. The van der Waals surface area contributed by atoms with Crippen LogP contribution >= 0.6 is 0 Å². The van der Waals surface area contributed by atoms with E-state index >= 15 is 4.39 Å². The van der Waals surface area contributed by atoms with Gasteiger partial charge in [-0.25, -0.2) is 18.4 Å². The Labute approximate surface area is 343 Å². The molecule has 17 nitrogen and oxygen atoms in total. The zero-order valence-corrected chi connectivity index (χ0v) is 33.2. The first-order chi connectivity index (χ1) is 28.1. The zero-order valence-electron chi connectivity index (χ0n) is 33.2. The van der Waals surface area contributed by atoms with Crippen molar-refractivity contribution in [2.45, 2.75) is 71.2 Å². The van der Waals surface area contributed by atoms with Gasteiger partial charge in [-0.15, -0.1) is 0 Å². The van der Waals surface area contributed by atoms with Gasteiger partial charge >= 0.3 is 11.9 Å². The minimum Gasteiger partial charge on any atom is -0.480 e. The number of benzene rings is 2. The molecule has 320 valence electrons. The van der Waals surface area contributed by atoms with E-state index in [-0.39, 0.29) is 17.7 Å². The van der Waals surface area contributed by atoms with E-state index in [1.54, 1.807) is 49.7 Å². The smallest absolute Gasteiger partial charge is 0.326 e. The summed E-state index contributed by atoms with van der Waals surface area (Å²) in [5, 5.41) is 33.2. The molecule has 2 aromatic carbocycles. The summed E-state index contributed by atoms with van der Waals surface area (Å²) in [4.78, 5) is 104. The molecule has 60 heavy (non-hydrogen) atoms. The summed E-state index contributed by atoms with van der Waals surface area (Å²) in [5.74, 6) is -11.2. The van der Waals surface area contributed by atoms with Crippen LogP contribution in [0.2, 0.25) is 0 Å². The van der Waals surface area contributed by atoms with Gasteiger partial charge in [-0.2, -0.15) is 0 Å². The van der Waals surface area contributed by atoms with Crippen molar-refractivity contribution in [3.05, 3.63) is 95.8 Å². The fourth-order valence-electron chi connectivity index (χ4n) is 7.07. The number of aliphatic hydroxyl groups excluding tert-OH is 1. The molecule has 4 unspecified atom stereocenters. The second-order valence-corrected chi connectivity index (χ2v) is 15.2. The van der Waals surface area contributed by atoms with Gasteiger partial charge in [0.05, 0.1) is 12.5 Å². The minimum atomic E-state index is -2.20. The molecule has 4 rings (SSSR count). The molecule has 0 saturated heterocycles. The van der Waals surface area contributed by atoms with Crippen molar-refractivity contribution in [1.82, 2.24) is 24.6 Å². The zero-order chi connectivity index (χ0) is 44.6. The molecule has 0 radical (unpaired) electrons. The molecule has 19 heteroatoms. The van der Waals surface area contributed by atoms with Gasteiger partial charge in [-0.05, 0) is 48.6 Å². The van der Waals surface area contributed by atoms with Gasteiger partial charge in [0.15, 0.2) is 0 Å². The molecular weight excluding hydrogens is 790 g/mol. The number of halogens is 2. The number of imide groups is 1. The lowest BCUT2D eigenvalue weighted by atomic mass is 9.82. The van der Waals surface area contributed by atoms with Gasteiger partial charge < -0.3 is 40.7 Å². The molecule has 0 bridgehead atoms. The summed E-state index contributed by atoms with van der Waals surface area (Å²) in [6, 6.07) is 6.38. The standard InChI is InChI=1S/C41H46F2N6O11/c1-23(45-33(52)21-48-34(53)12-13-35(48)54)38(56)49(31(40(59)60)18-32(44)51)29(39(57)58)14-15-47(36(55)22-50)37(41(2,3)4)30-16-25(27-17-26(42)10-11-28(27)43)20-46(30)19-24-8-6-5-7-9-24/h5-13,16-17,20,23,29,31,37,50H,14-15,18-19,21-22H2,1-4H3,(H2,44,51)(H,45,52)(H,57,58)(H,59,60). The molecule has 3 aromatic rings. The van der Waals surface area contributed by atoms with Crippen LogP contribution in [-0.2, 0) is 44.9 Å². The Hall–Kier alpha value is -6.76. The van der Waals surface area contributed by atoms with Gasteiger partial charge in [0.2, 0.25) is 23.6 Å². The maximum Gasteiger partial charge on any atom is 0.326 e. The summed E-state index contributed by atoms with van der Waals surface area (Å²) >= 11 is 0. The number of primary amides is 1. The van der Waals surface area contributed by atoms with Gasteiger partial charge in [-0.1, -0.05) is 51.1 Å². The van der Waals surface area contributed by atoms with Gasteiger partial charge in [0, 0.05) is 48.3 Å². The van der Waals surface area contributed by atoms with Crippen LogP contribution in [-0.4, -0.2) is 120 Å². The second kappa shape index (κ2) is 19.3. The fourth-order valence-corrected chi connectivity index (χ4v) is 7.07. The Morgan fingerprint density at radius 2 is 1.52 bits per heavy atom. The number of nitrogens with one attached hydrogen (secondary N) is 1. The first-order valence-electron chi connectivity index (χ1n) is 18.6. The Balaban J connectivity index is 1.79. The summed E-state index contributed by atoms with van der Waals surface area (Å²) in [6.07, 6.45) is 1.62. The number of nitrogens with zero attached hydrogens (tertiary/aromatic N) is 4. The lowest BCUT2D eigenvalue weighted by Crippen LogP contribution is -2.60. The average molecular weight is 837 g/mol. The van der Waals surface area contributed by atoms with E-state index < -0.39 is 121 Å². The Bertz CT molecular complexity index is 2170. The molecule has 0 fully saturated rings. The highest BCUT2D eigenvalue weighted by Crippen LogP contribution is 2.41. The number of hydrogen-bond donors (Lipinski definition) is 5. The molecule has 6 amide bonds. The van der Waals surface area contributed by atoms with Gasteiger partial charge in [0.25, 0.3) is 11.8 Å². The lowest BCUT2D eigenvalue weighted by Gasteiger charge is -2.42. The number of aliphatic hydroxyl groups is 1. The first kappa shape index (κ1) is 45.9. The molecule has 0 spiro atoms. The van der Waals surface area contributed by atoms with Crippen molar-refractivity contribution in [2.24, 2.45) is 11.1 Å². The van der Waals surface area contributed by atoms with Crippen molar-refractivity contribution >= 4 is 47.4 Å². The number of carboxylic acids is 2. The number of hydrogen-bond acceptors (Lipinski definition) is 9. The Morgan fingerprint density at radius 3 is 2.07 bits per heavy atom. The Morgan fingerprint density at radius 1 is 0.900 bits per heavy atom. The first-order valence-corrected chi connectivity index (χ1v) is 18.6. The number of carboxylic acid groups (broad SMARTS) is 2. The Kier molecular flexibility index (Phi) is 14.8. The highest BCUT2D eigenvalue weighted by atomic mass is 19.1. The van der Waals surface area contributed by atoms with E-state index in [9.17, 15) is 58.1 Å². The molecule has 1 aliphatic rings. The topological polar surface area (TPSA) is 250 Å². The van der Waals surface area contributed by atoms with Crippen LogP contribution in [0, 0.1) is 17.0 Å². The van der Waals surface area contributed by atoms with E-state index in [0.717, 1.165) is 47.7 Å². The molecule has 6 N–H and O–H groups in total. The predicted octanol–water partition coefficient (Wildman–Crippen LogP) is 1.82. The number of rotatable bonds is 19. The van der Waals surface area contributed by atoms with Gasteiger partial charge in [0.1, 0.15) is 42.9 Å². The molecular formula is C41H46F2N6O11. The van der Waals surface area contributed by atoms with Crippen LogP contribution in [0.1, 0.15) is 57.8 Å². The van der Waals surface area contributed by atoms with E-state index in [1.807, 2.05) is 12.1 Å². The number of amides is 6. The predicted molar refractivity (Wildman–Crippen MR) is 208 cm³/mol. The number of aliphatic carboxylic acids is 2. The molecule has 4 atom stereocenters. The van der Waals surface area contributed by atoms with Crippen molar-refractivity contribution in [2.75, 3.05) is 19.7 Å². The highest BCUT2D eigenvalue weighted by molar-refractivity contribution is 6.14. The van der Waals surface area contributed by atoms with Crippen LogP contribution in [0.4, 0.5) is 8.78 Å². The van der Waals surface area contributed by atoms with E-state index in [1.165, 1.54) is 6.07 Å². The average Bonchev–Trinajstić information content (AvgIpc) is 3.72. The van der Waals surface area contributed by atoms with Crippen LogP contribution in [0.5, 0.6) is 0 Å². The van der Waals surface area contributed by atoms with Crippen LogP contribution in [0.15, 0.2) is 72.9 Å². The molecule has 1 aliphatic heterocycles. The highest BCUT2D eigenvalue weighted by Gasteiger charge is 2.44. The van der Waals surface area contributed by atoms with Gasteiger partial charge in [-0.3, -0.25) is 33.7 Å². The molecule has 1 aromatic heterocycles. The quantitative estimate of drug-likeness (QED) is 0.109. The van der Waals surface area contributed by atoms with Crippen LogP contribution < -0.4 is 11.1 Å². The van der Waals surface area contributed by atoms with Crippen LogP contribution in [0.3, 0.4) is 0 Å². The number of carbonyl (C=O) groups is 8. The maximum absolute atomic E-state index is 15.2. The SMILES string of the molecule is CC(NC(=O)CN1C(=O)C=CC1=O)C(=O)N(C(CCN(C(=O)CO)C(c1cc(-c2cc(F)ccc2F)cn1Cc1ccccc1)C(C)(C)C)C(=O)O)C(CC(N)=O)C(=O)O. The van der Waals surface area contributed by atoms with Crippen molar-refractivity contribution in [1.29, 1.82) is 0 Å². The second-order valence-electron chi connectivity index (χ2n) is 15.2. The third kappa shape index (κ3) is 11.0. The number of aromatic nitrogens is 1. The van der Waals surface area contributed by atoms with E-state index in [0.29, 0.717) is 15.5 Å². The molecule has 2 heterocycles. The van der Waals surface area contributed by atoms with Crippen molar-refractivity contribution in [3.8, 4) is 11.1 Å². The molecule has 0 aliphatic carbocycles. The third-order valence-electron chi connectivity index (χ3n) is 9.72. The molecule has 0 saturated carbocycles. The largest absolute Gasteiger partial charge is 0.480 e. The lowest BCUT2D eigenvalue weighted by molar-refractivity contribution is -0.162. The minimum absolute atomic E-state index is 0.0958. The van der Waals surface area contributed by atoms with Crippen molar-refractivity contribution < 1.29 is 62.5 Å². The normalized spacial score (nSPS) is 14.6. The summed E-state index contributed by atoms with van der Waals surface area (Å²) in [6.45, 7) is 3.96. The monoisotopic (exact) mass is 836 g/mol.